The van der Waals surface area contributed by atoms with Gasteiger partial charge in [-0.25, -0.2) is 0 Å². The molecule has 1 aliphatic heterocycles. The van der Waals surface area contributed by atoms with Gasteiger partial charge in [0, 0.05) is 18.5 Å². The van der Waals surface area contributed by atoms with Gasteiger partial charge in [0.05, 0.1) is 24.4 Å². The van der Waals surface area contributed by atoms with Crippen molar-refractivity contribution in [2.75, 3.05) is 20.2 Å². The number of fused-ring (bicyclic) bond motifs is 1. The summed E-state index contributed by atoms with van der Waals surface area (Å²) >= 11 is 0. The fourth-order valence-corrected chi connectivity index (χ4v) is 2.87. The van der Waals surface area contributed by atoms with Crippen LogP contribution in [0, 0.1) is 5.92 Å². The first-order chi connectivity index (χ1) is 10.2. The van der Waals surface area contributed by atoms with E-state index >= 15 is 0 Å². The van der Waals surface area contributed by atoms with Crippen LogP contribution in [0.15, 0.2) is 30.5 Å². The second-order valence-electron chi connectivity index (χ2n) is 5.69. The van der Waals surface area contributed by atoms with E-state index in [4.69, 9.17) is 4.74 Å². The van der Waals surface area contributed by atoms with Crippen LogP contribution in [0.5, 0.6) is 5.75 Å². The van der Waals surface area contributed by atoms with E-state index in [9.17, 15) is 4.79 Å². The van der Waals surface area contributed by atoms with Crippen molar-refractivity contribution in [1.29, 1.82) is 0 Å². The normalized spacial score (nSPS) is 16.2. The van der Waals surface area contributed by atoms with Gasteiger partial charge >= 0.3 is 0 Å². The molecule has 21 heavy (non-hydrogen) atoms. The van der Waals surface area contributed by atoms with Crippen LogP contribution < -0.4 is 4.74 Å². The number of pyridine rings is 1. The van der Waals surface area contributed by atoms with Crippen LogP contribution in [-0.2, 0) is 0 Å². The number of hydrogen-bond acceptors (Lipinski definition) is 3. The molecule has 0 saturated carbocycles. The Morgan fingerprint density at radius 3 is 2.71 bits per heavy atom. The molecule has 1 aromatic heterocycles. The van der Waals surface area contributed by atoms with Crippen LogP contribution in [0.3, 0.4) is 0 Å². The van der Waals surface area contributed by atoms with Gasteiger partial charge in [-0.2, -0.15) is 0 Å². The minimum absolute atomic E-state index is 0.0531. The number of carbonyl (C=O) groups excluding carboxylic acids is 1. The molecule has 2 aromatic rings. The Hall–Kier alpha value is -2.10. The van der Waals surface area contributed by atoms with Crippen LogP contribution in [0.25, 0.3) is 10.9 Å². The first-order valence-corrected chi connectivity index (χ1v) is 7.41. The third-order valence-electron chi connectivity index (χ3n) is 4.25. The van der Waals surface area contributed by atoms with Gasteiger partial charge in [-0.15, -0.1) is 0 Å². The molecule has 1 saturated heterocycles. The molecule has 0 aliphatic carbocycles. The lowest BCUT2D eigenvalue weighted by Gasteiger charge is -2.31. The molecule has 1 amide bonds. The second-order valence-corrected chi connectivity index (χ2v) is 5.69. The summed E-state index contributed by atoms with van der Waals surface area (Å²) in [4.78, 5) is 19.2. The van der Waals surface area contributed by atoms with E-state index in [1.165, 1.54) is 0 Å². The second kappa shape index (κ2) is 5.72. The summed E-state index contributed by atoms with van der Waals surface area (Å²) in [6, 6.07) is 7.71. The Morgan fingerprint density at radius 2 is 2.00 bits per heavy atom. The van der Waals surface area contributed by atoms with Crippen molar-refractivity contribution >= 4 is 16.8 Å². The highest BCUT2D eigenvalue weighted by molar-refractivity contribution is 6.08. The third-order valence-corrected chi connectivity index (χ3v) is 4.25. The molecule has 0 unspecified atom stereocenters. The van der Waals surface area contributed by atoms with Crippen LogP contribution in [0.2, 0.25) is 0 Å². The molecule has 0 bridgehead atoms. The summed E-state index contributed by atoms with van der Waals surface area (Å²) in [6.07, 6.45) is 3.77. The molecular formula is C17H20N2O2. The maximum atomic E-state index is 12.9. The standard InChI is InChI=1S/C17H20N2O2/c1-12-7-9-19(10-8-12)17(20)16-13-5-3-4-6-14(13)18-11-15(16)21-2/h3-6,11-12H,7-10H2,1-2H3. The smallest absolute Gasteiger partial charge is 0.258 e. The molecule has 110 valence electrons. The summed E-state index contributed by atoms with van der Waals surface area (Å²) in [6.45, 7) is 3.88. The molecule has 1 aliphatic rings. The van der Waals surface area contributed by atoms with Gasteiger partial charge in [-0.05, 0) is 24.8 Å². The number of rotatable bonds is 2. The molecule has 1 fully saturated rings. The number of likely N-dealkylation sites (tertiary alicyclic amines) is 1. The number of benzene rings is 1. The highest BCUT2D eigenvalue weighted by atomic mass is 16.5. The Bertz CT molecular complexity index is 661. The maximum absolute atomic E-state index is 12.9. The largest absolute Gasteiger partial charge is 0.494 e. The average Bonchev–Trinajstić information content (AvgIpc) is 2.53. The lowest BCUT2D eigenvalue weighted by Crippen LogP contribution is -2.38. The predicted molar refractivity (Wildman–Crippen MR) is 82.6 cm³/mol. The van der Waals surface area contributed by atoms with E-state index in [-0.39, 0.29) is 5.91 Å². The van der Waals surface area contributed by atoms with Gasteiger partial charge in [-0.1, -0.05) is 25.1 Å². The topological polar surface area (TPSA) is 42.4 Å². The Labute approximate surface area is 124 Å². The van der Waals surface area contributed by atoms with Gasteiger partial charge in [-0.3, -0.25) is 9.78 Å². The highest BCUT2D eigenvalue weighted by Crippen LogP contribution is 2.28. The van der Waals surface area contributed by atoms with Crippen LogP contribution in [-0.4, -0.2) is 36.0 Å². The average molecular weight is 284 g/mol. The number of amides is 1. The summed E-state index contributed by atoms with van der Waals surface area (Å²) in [5.74, 6) is 1.31. The van der Waals surface area contributed by atoms with Gasteiger partial charge in [0.15, 0.2) is 5.75 Å². The zero-order chi connectivity index (χ0) is 14.8. The molecule has 3 rings (SSSR count). The Kier molecular flexibility index (Phi) is 3.78. The number of ether oxygens (including phenoxy) is 1. The first kappa shape index (κ1) is 13.9. The van der Waals surface area contributed by atoms with E-state index in [1.54, 1.807) is 13.3 Å². The SMILES string of the molecule is COc1cnc2ccccc2c1C(=O)N1CCC(C)CC1. The van der Waals surface area contributed by atoms with Crippen LogP contribution >= 0.6 is 0 Å². The zero-order valence-corrected chi connectivity index (χ0v) is 12.5. The molecule has 0 radical (unpaired) electrons. The van der Waals surface area contributed by atoms with Gasteiger partial charge in [0.2, 0.25) is 0 Å². The van der Waals surface area contributed by atoms with Crippen LogP contribution in [0.4, 0.5) is 0 Å². The van der Waals surface area contributed by atoms with Crippen molar-refractivity contribution in [2.24, 2.45) is 5.92 Å². The molecule has 0 spiro atoms. The van der Waals surface area contributed by atoms with E-state index < -0.39 is 0 Å². The third kappa shape index (κ3) is 2.58. The number of piperidine rings is 1. The lowest BCUT2D eigenvalue weighted by molar-refractivity contribution is 0.0696. The summed E-state index contributed by atoms with van der Waals surface area (Å²) < 4.78 is 5.38. The van der Waals surface area contributed by atoms with E-state index in [0.717, 1.165) is 36.8 Å². The molecule has 1 aromatic carbocycles. The number of aromatic nitrogens is 1. The minimum Gasteiger partial charge on any atom is -0.494 e. The summed E-state index contributed by atoms with van der Waals surface area (Å²) in [5.41, 5.74) is 1.46. The Balaban J connectivity index is 2.03. The van der Waals surface area contributed by atoms with Crippen molar-refractivity contribution in [3.8, 4) is 5.75 Å². The van der Waals surface area contributed by atoms with Gasteiger partial charge < -0.3 is 9.64 Å². The van der Waals surface area contributed by atoms with E-state index in [2.05, 4.69) is 11.9 Å². The van der Waals surface area contributed by atoms with Crippen molar-refractivity contribution in [1.82, 2.24) is 9.88 Å². The van der Waals surface area contributed by atoms with Crippen molar-refractivity contribution in [3.05, 3.63) is 36.0 Å². The number of para-hydroxylation sites is 1. The monoisotopic (exact) mass is 284 g/mol. The molecule has 0 atom stereocenters. The first-order valence-electron chi connectivity index (χ1n) is 7.41. The molecule has 4 heteroatoms. The minimum atomic E-state index is 0.0531. The zero-order valence-electron chi connectivity index (χ0n) is 12.5. The Morgan fingerprint density at radius 1 is 1.29 bits per heavy atom. The van der Waals surface area contributed by atoms with Crippen molar-refractivity contribution < 1.29 is 9.53 Å². The van der Waals surface area contributed by atoms with Gasteiger partial charge in [0.25, 0.3) is 5.91 Å². The predicted octanol–water partition coefficient (Wildman–Crippen LogP) is 3.12. The van der Waals surface area contributed by atoms with E-state index in [1.807, 2.05) is 29.2 Å². The fraction of sp³-hybridized carbons (Fsp3) is 0.412. The molecule has 2 heterocycles. The lowest BCUT2D eigenvalue weighted by atomic mass is 9.98. The van der Waals surface area contributed by atoms with Gasteiger partial charge in [0.1, 0.15) is 0 Å². The number of nitrogens with zero attached hydrogens (tertiary/aromatic N) is 2. The molecular weight excluding hydrogens is 264 g/mol. The molecule has 4 nitrogen and oxygen atoms in total. The maximum Gasteiger partial charge on any atom is 0.258 e. The highest BCUT2D eigenvalue weighted by Gasteiger charge is 2.25. The van der Waals surface area contributed by atoms with Crippen molar-refractivity contribution in [3.63, 3.8) is 0 Å². The van der Waals surface area contributed by atoms with Crippen LogP contribution in [0.1, 0.15) is 30.1 Å². The molecule has 0 N–H and O–H groups in total. The number of methoxy groups -OCH3 is 1. The van der Waals surface area contributed by atoms with Crippen molar-refractivity contribution in [2.45, 2.75) is 19.8 Å². The van der Waals surface area contributed by atoms with E-state index in [0.29, 0.717) is 17.2 Å². The number of hydrogen-bond donors (Lipinski definition) is 0. The summed E-state index contributed by atoms with van der Waals surface area (Å²) in [5, 5.41) is 0.862. The number of carbonyl (C=O) groups is 1. The fourth-order valence-electron chi connectivity index (χ4n) is 2.87. The quantitative estimate of drug-likeness (QED) is 0.851. The summed E-state index contributed by atoms with van der Waals surface area (Å²) in [7, 11) is 1.58.